The van der Waals surface area contributed by atoms with Crippen molar-refractivity contribution < 1.29 is 14.1 Å². The van der Waals surface area contributed by atoms with Gasteiger partial charge in [0.25, 0.3) is 0 Å². The van der Waals surface area contributed by atoms with Crippen molar-refractivity contribution in [1.82, 2.24) is 15.1 Å². The van der Waals surface area contributed by atoms with Crippen LogP contribution in [0.5, 0.6) is 0 Å². The first-order valence-corrected chi connectivity index (χ1v) is 6.15. The third kappa shape index (κ3) is 3.85. The molecule has 0 radical (unpaired) electrons. The summed E-state index contributed by atoms with van der Waals surface area (Å²) in [7, 11) is 0. The molecule has 0 fully saturated rings. The van der Waals surface area contributed by atoms with Gasteiger partial charge in [-0.2, -0.15) is 4.68 Å². The second kappa shape index (κ2) is 6.12. The van der Waals surface area contributed by atoms with E-state index in [1.54, 1.807) is 19.1 Å². The standard InChI is InChI=1S/C13H13FN4O3/c1-9-6-10(2-3-11(9)14)7-15-13(19)8-17-5-4-12(16-17)18(20)21/h2-6H,7-8H2,1H3,(H,15,19). The predicted molar refractivity (Wildman–Crippen MR) is 71.9 cm³/mol. The fourth-order valence-corrected chi connectivity index (χ4v) is 1.76. The fraction of sp³-hybridized carbons (Fsp3) is 0.231. The Hall–Kier alpha value is -2.77. The summed E-state index contributed by atoms with van der Waals surface area (Å²) >= 11 is 0. The van der Waals surface area contributed by atoms with Gasteiger partial charge in [0, 0.05) is 6.54 Å². The predicted octanol–water partition coefficient (Wildman–Crippen LogP) is 1.56. The molecule has 7 nitrogen and oxygen atoms in total. The molecule has 0 aliphatic carbocycles. The summed E-state index contributed by atoms with van der Waals surface area (Å²) in [6, 6.07) is 5.79. The molecule has 0 saturated heterocycles. The van der Waals surface area contributed by atoms with Crippen LogP contribution < -0.4 is 5.32 Å². The van der Waals surface area contributed by atoms with Crippen LogP contribution >= 0.6 is 0 Å². The zero-order valence-corrected chi connectivity index (χ0v) is 11.2. The Balaban J connectivity index is 1.89. The first-order chi connectivity index (χ1) is 9.95. The van der Waals surface area contributed by atoms with Gasteiger partial charge in [0.2, 0.25) is 5.91 Å². The Morgan fingerprint density at radius 1 is 1.48 bits per heavy atom. The van der Waals surface area contributed by atoms with Crippen LogP contribution in [0.15, 0.2) is 30.5 Å². The van der Waals surface area contributed by atoms with E-state index < -0.39 is 4.92 Å². The van der Waals surface area contributed by atoms with E-state index >= 15 is 0 Å². The number of aromatic nitrogens is 2. The Morgan fingerprint density at radius 2 is 2.24 bits per heavy atom. The molecule has 2 aromatic rings. The number of hydrogen-bond acceptors (Lipinski definition) is 4. The maximum atomic E-state index is 13.1. The van der Waals surface area contributed by atoms with Crippen molar-refractivity contribution in [2.75, 3.05) is 0 Å². The Morgan fingerprint density at radius 3 is 2.86 bits per heavy atom. The summed E-state index contributed by atoms with van der Waals surface area (Å²) < 4.78 is 14.3. The minimum Gasteiger partial charge on any atom is -0.358 e. The number of nitrogens with one attached hydrogen (secondary N) is 1. The first-order valence-electron chi connectivity index (χ1n) is 6.15. The highest BCUT2D eigenvalue weighted by atomic mass is 19.1. The van der Waals surface area contributed by atoms with Gasteiger partial charge in [0.15, 0.2) is 0 Å². The van der Waals surface area contributed by atoms with E-state index in [9.17, 15) is 19.3 Å². The number of amides is 1. The minimum atomic E-state index is -0.629. The lowest BCUT2D eigenvalue weighted by Crippen LogP contribution is -2.27. The van der Waals surface area contributed by atoms with E-state index in [1.807, 2.05) is 0 Å². The molecule has 1 amide bonds. The van der Waals surface area contributed by atoms with Crippen molar-refractivity contribution in [2.45, 2.75) is 20.0 Å². The molecular weight excluding hydrogens is 279 g/mol. The van der Waals surface area contributed by atoms with Gasteiger partial charge in [-0.3, -0.25) is 4.79 Å². The van der Waals surface area contributed by atoms with Crippen LogP contribution in [0.2, 0.25) is 0 Å². The third-order valence-corrected chi connectivity index (χ3v) is 2.83. The molecule has 0 saturated carbocycles. The summed E-state index contributed by atoms with van der Waals surface area (Å²) in [5.74, 6) is -0.944. The molecule has 0 bridgehead atoms. The smallest absolute Gasteiger partial charge is 0.358 e. The van der Waals surface area contributed by atoms with Crippen LogP contribution in [-0.4, -0.2) is 20.6 Å². The highest BCUT2D eigenvalue weighted by Gasteiger charge is 2.13. The van der Waals surface area contributed by atoms with Crippen molar-refractivity contribution in [3.05, 3.63) is 57.5 Å². The molecule has 1 heterocycles. The lowest BCUT2D eigenvalue weighted by molar-refractivity contribution is -0.389. The van der Waals surface area contributed by atoms with Gasteiger partial charge in [0.1, 0.15) is 12.4 Å². The summed E-state index contributed by atoms with van der Waals surface area (Å²) in [5, 5.41) is 16.7. The fourth-order valence-electron chi connectivity index (χ4n) is 1.76. The average Bonchev–Trinajstić information content (AvgIpc) is 2.89. The number of halogens is 1. The average molecular weight is 292 g/mol. The van der Waals surface area contributed by atoms with Crippen LogP contribution in [0.25, 0.3) is 0 Å². The van der Waals surface area contributed by atoms with Crippen molar-refractivity contribution >= 4 is 11.7 Å². The van der Waals surface area contributed by atoms with E-state index in [1.165, 1.54) is 23.0 Å². The zero-order valence-electron chi connectivity index (χ0n) is 11.2. The topological polar surface area (TPSA) is 90.1 Å². The van der Waals surface area contributed by atoms with Crippen LogP contribution in [0.1, 0.15) is 11.1 Å². The Bertz CT molecular complexity index is 684. The molecule has 8 heteroatoms. The van der Waals surface area contributed by atoms with E-state index in [4.69, 9.17) is 0 Å². The van der Waals surface area contributed by atoms with Crippen molar-refractivity contribution in [1.29, 1.82) is 0 Å². The summed E-state index contributed by atoms with van der Waals surface area (Å²) in [6.07, 6.45) is 1.36. The SMILES string of the molecule is Cc1cc(CNC(=O)Cn2ccc([N+](=O)[O-])n2)ccc1F. The van der Waals surface area contributed by atoms with Gasteiger partial charge in [-0.1, -0.05) is 12.1 Å². The Kier molecular flexibility index (Phi) is 4.27. The van der Waals surface area contributed by atoms with E-state index in [0.717, 1.165) is 5.56 Å². The van der Waals surface area contributed by atoms with Gasteiger partial charge in [-0.05, 0) is 29.0 Å². The molecule has 2 rings (SSSR count). The lowest BCUT2D eigenvalue weighted by atomic mass is 10.1. The van der Waals surface area contributed by atoms with Crippen LogP contribution in [0.4, 0.5) is 10.2 Å². The Labute approximate surface area is 119 Å². The molecule has 0 aliphatic heterocycles. The highest BCUT2D eigenvalue weighted by molar-refractivity contribution is 5.75. The van der Waals surface area contributed by atoms with Crippen LogP contribution in [0.3, 0.4) is 0 Å². The molecular formula is C13H13FN4O3. The van der Waals surface area contributed by atoms with Crippen LogP contribution in [-0.2, 0) is 17.9 Å². The first kappa shape index (κ1) is 14.6. The molecule has 1 aromatic heterocycles. The van der Waals surface area contributed by atoms with Crippen LogP contribution in [0, 0.1) is 22.9 Å². The largest absolute Gasteiger partial charge is 0.389 e. The molecule has 0 unspecified atom stereocenters. The number of hydrogen-bond donors (Lipinski definition) is 1. The molecule has 1 N–H and O–H groups in total. The van der Waals surface area contributed by atoms with Gasteiger partial charge >= 0.3 is 5.82 Å². The molecule has 1 aromatic carbocycles. The molecule has 110 valence electrons. The molecule has 0 atom stereocenters. The minimum absolute atomic E-state index is 0.117. The monoisotopic (exact) mass is 292 g/mol. The number of rotatable bonds is 5. The normalized spacial score (nSPS) is 10.4. The maximum Gasteiger partial charge on any atom is 0.389 e. The maximum absolute atomic E-state index is 13.1. The van der Waals surface area contributed by atoms with Gasteiger partial charge in [-0.25, -0.2) is 4.39 Å². The van der Waals surface area contributed by atoms with Gasteiger partial charge < -0.3 is 15.4 Å². The number of nitrogens with zero attached hydrogens (tertiary/aromatic N) is 3. The third-order valence-electron chi connectivity index (χ3n) is 2.83. The molecule has 21 heavy (non-hydrogen) atoms. The number of nitro groups is 1. The van der Waals surface area contributed by atoms with Crippen molar-refractivity contribution in [3.63, 3.8) is 0 Å². The highest BCUT2D eigenvalue weighted by Crippen LogP contribution is 2.09. The van der Waals surface area contributed by atoms with Gasteiger partial charge in [-0.15, -0.1) is 0 Å². The molecule has 0 spiro atoms. The van der Waals surface area contributed by atoms with E-state index in [2.05, 4.69) is 10.4 Å². The summed E-state index contributed by atoms with van der Waals surface area (Å²) in [6.45, 7) is 1.78. The van der Waals surface area contributed by atoms with Gasteiger partial charge in [0.05, 0.1) is 17.4 Å². The molecule has 0 aliphatic rings. The van der Waals surface area contributed by atoms with Crippen molar-refractivity contribution in [2.24, 2.45) is 0 Å². The second-order valence-electron chi connectivity index (χ2n) is 4.49. The summed E-state index contributed by atoms with van der Waals surface area (Å²) in [4.78, 5) is 21.5. The number of benzene rings is 1. The number of aryl methyl sites for hydroxylation is 1. The summed E-state index contributed by atoms with van der Waals surface area (Å²) in [5.41, 5.74) is 1.28. The lowest BCUT2D eigenvalue weighted by Gasteiger charge is -2.05. The second-order valence-corrected chi connectivity index (χ2v) is 4.49. The van der Waals surface area contributed by atoms with E-state index in [0.29, 0.717) is 5.56 Å². The van der Waals surface area contributed by atoms with E-state index in [-0.39, 0.29) is 30.6 Å². The van der Waals surface area contributed by atoms with Crippen molar-refractivity contribution in [3.8, 4) is 0 Å². The number of carbonyl (C=O) groups excluding carboxylic acids is 1. The quantitative estimate of drug-likeness (QED) is 0.668. The number of carbonyl (C=O) groups is 1. The zero-order chi connectivity index (χ0) is 15.4.